The SMILES string of the molecule is O=C(N/N=C/c1cc([N+](=O)[O-])ccc1Cl)c1ccc(=O)[nH]n1. The highest BCUT2D eigenvalue weighted by Crippen LogP contribution is 2.20. The number of nitro groups is 1. The summed E-state index contributed by atoms with van der Waals surface area (Å²) in [7, 11) is 0. The summed E-state index contributed by atoms with van der Waals surface area (Å²) in [6.45, 7) is 0. The van der Waals surface area contributed by atoms with E-state index in [1.54, 1.807) is 0 Å². The molecule has 2 aromatic rings. The van der Waals surface area contributed by atoms with Crippen LogP contribution in [0.1, 0.15) is 16.1 Å². The van der Waals surface area contributed by atoms with E-state index in [4.69, 9.17) is 11.6 Å². The summed E-state index contributed by atoms with van der Waals surface area (Å²) in [5.74, 6) is -0.658. The van der Waals surface area contributed by atoms with E-state index >= 15 is 0 Å². The molecule has 0 fully saturated rings. The quantitative estimate of drug-likeness (QED) is 0.494. The molecule has 10 heteroatoms. The molecule has 1 aromatic carbocycles. The van der Waals surface area contributed by atoms with Crippen LogP contribution in [0.15, 0.2) is 40.2 Å². The molecule has 1 heterocycles. The van der Waals surface area contributed by atoms with Gasteiger partial charge >= 0.3 is 0 Å². The number of benzene rings is 1. The van der Waals surface area contributed by atoms with Gasteiger partial charge in [-0.3, -0.25) is 19.7 Å². The highest BCUT2D eigenvalue weighted by atomic mass is 35.5. The first kappa shape index (κ1) is 15.3. The summed E-state index contributed by atoms with van der Waals surface area (Å²) in [6.07, 6.45) is 1.17. The number of aromatic amines is 1. The topological polar surface area (TPSA) is 130 Å². The van der Waals surface area contributed by atoms with Crippen molar-refractivity contribution < 1.29 is 9.72 Å². The van der Waals surface area contributed by atoms with Gasteiger partial charge in [0.15, 0.2) is 5.69 Å². The van der Waals surface area contributed by atoms with Gasteiger partial charge in [0.2, 0.25) is 0 Å². The lowest BCUT2D eigenvalue weighted by molar-refractivity contribution is -0.384. The van der Waals surface area contributed by atoms with Crippen LogP contribution in [-0.4, -0.2) is 27.2 Å². The lowest BCUT2D eigenvalue weighted by Gasteiger charge is -1.99. The third-order valence-corrected chi connectivity index (χ3v) is 2.82. The normalized spacial score (nSPS) is 10.6. The second kappa shape index (κ2) is 6.59. The van der Waals surface area contributed by atoms with Crippen LogP contribution in [0, 0.1) is 10.1 Å². The van der Waals surface area contributed by atoms with E-state index in [9.17, 15) is 19.7 Å². The van der Waals surface area contributed by atoms with Crippen LogP contribution < -0.4 is 11.0 Å². The van der Waals surface area contributed by atoms with Crippen molar-refractivity contribution in [2.24, 2.45) is 5.10 Å². The van der Waals surface area contributed by atoms with Crippen molar-refractivity contribution in [1.82, 2.24) is 15.6 Å². The summed E-state index contributed by atoms with van der Waals surface area (Å²) < 4.78 is 0. The number of H-pyrrole nitrogens is 1. The number of amides is 1. The number of nitro benzene ring substituents is 1. The molecule has 9 nitrogen and oxygen atoms in total. The number of carbonyl (C=O) groups is 1. The van der Waals surface area contributed by atoms with Crippen LogP contribution in [0.5, 0.6) is 0 Å². The Morgan fingerprint density at radius 1 is 1.41 bits per heavy atom. The first-order chi connectivity index (χ1) is 10.5. The van der Waals surface area contributed by atoms with Crippen molar-refractivity contribution in [2.75, 3.05) is 0 Å². The molecule has 0 radical (unpaired) electrons. The maximum absolute atomic E-state index is 11.7. The molecule has 0 saturated carbocycles. The molecule has 0 bridgehead atoms. The Balaban J connectivity index is 2.10. The Morgan fingerprint density at radius 3 is 2.82 bits per heavy atom. The number of halogens is 1. The van der Waals surface area contributed by atoms with Crippen molar-refractivity contribution in [1.29, 1.82) is 0 Å². The predicted octanol–water partition coefficient (Wildman–Crippen LogP) is 1.10. The van der Waals surface area contributed by atoms with E-state index in [1.807, 2.05) is 0 Å². The van der Waals surface area contributed by atoms with Crippen molar-refractivity contribution >= 4 is 29.4 Å². The lowest BCUT2D eigenvalue weighted by Crippen LogP contribution is -2.21. The van der Waals surface area contributed by atoms with Gasteiger partial charge in [-0.2, -0.15) is 10.2 Å². The van der Waals surface area contributed by atoms with Crippen LogP contribution >= 0.6 is 11.6 Å². The van der Waals surface area contributed by atoms with Gasteiger partial charge < -0.3 is 0 Å². The standard InChI is InChI=1S/C12H8ClN5O4/c13-9-2-1-8(18(21)22)5-7(9)6-14-17-12(20)10-3-4-11(19)16-15-10/h1-6H,(H,16,19)(H,17,20)/b14-6+. The number of carbonyl (C=O) groups excluding carboxylic acids is 1. The zero-order chi connectivity index (χ0) is 16.1. The Morgan fingerprint density at radius 2 is 2.18 bits per heavy atom. The highest BCUT2D eigenvalue weighted by Gasteiger charge is 2.09. The molecule has 112 valence electrons. The van der Waals surface area contributed by atoms with Gasteiger partial charge in [0.1, 0.15) is 0 Å². The number of hydrogen-bond donors (Lipinski definition) is 2. The van der Waals surface area contributed by atoms with Gasteiger partial charge in [-0.25, -0.2) is 10.5 Å². The van der Waals surface area contributed by atoms with Gasteiger partial charge in [-0.15, -0.1) is 0 Å². The first-order valence-corrected chi connectivity index (χ1v) is 6.18. The van der Waals surface area contributed by atoms with Crippen molar-refractivity contribution in [3.05, 3.63) is 67.1 Å². The Hall–Kier alpha value is -3.07. The number of nitrogens with zero attached hydrogens (tertiary/aromatic N) is 3. The van der Waals surface area contributed by atoms with Gasteiger partial charge in [-0.1, -0.05) is 11.6 Å². The maximum atomic E-state index is 11.7. The third-order valence-electron chi connectivity index (χ3n) is 2.47. The fourth-order valence-electron chi connectivity index (χ4n) is 1.43. The first-order valence-electron chi connectivity index (χ1n) is 5.80. The molecule has 0 atom stereocenters. The van der Waals surface area contributed by atoms with Crippen LogP contribution in [0.4, 0.5) is 5.69 Å². The van der Waals surface area contributed by atoms with E-state index < -0.39 is 16.4 Å². The van der Waals surface area contributed by atoms with Gasteiger partial charge in [0.05, 0.1) is 11.1 Å². The van der Waals surface area contributed by atoms with Crippen LogP contribution in [0.3, 0.4) is 0 Å². The average molecular weight is 322 g/mol. The van der Waals surface area contributed by atoms with E-state index in [2.05, 4.69) is 20.7 Å². The van der Waals surface area contributed by atoms with E-state index in [1.165, 1.54) is 30.5 Å². The Bertz CT molecular complexity index is 797. The number of rotatable bonds is 4. The second-order valence-corrected chi connectivity index (χ2v) is 4.38. The summed E-state index contributed by atoms with van der Waals surface area (Å²) in [5, 5.41) is 20.2. The Labute approximate surface area is 127 Å². The number of non-ortho nitro benzene ring substituents is 1. The molecular weight excluding hydrogens is 314 g/mol. The van der Waals surface area contributed by atoms with Gasteiger partial charge in [-0.05, 0) is 12.1 Å². The zero-order valence-electron chi connectivity index (χ0n) is 10.8. The second-order valence-electron chi connectivity index (χ2n) is 3.97. The van der Waals surface area contributed by atoms with Crippen molar-refractivity contribution in [2.45, 2.75) is 0 Å². The average Bonchev–Trinajstić information content (AvgIpc) is 2.49. The lowest BCUT2D eigenvalue weighted by atomic mass is 10.2. The maximum Gasteiger partial charge on any atom is 0.291 e. The molecular formula is C12H8ClN5O4. The highest BCUT2D eigenvalue weighted by molar-refractivity contribution is 6.33. The Kier molecular flexibility index (Phi) is 4.59. The van der Waals surface area contributed by atoms with E-state index in [-0.39, 0.29) is 22.0 Å². The fourth-order valence-corrected chi connectivity index (χ4v) is 1.60. The van der Waals surface area contributed by atoms with Crippen LogP contribution in [0.25, 0.3) is 0 Å². The molecule has 1 aromatic heterocycles. The predicted molar refractivity (Wildman–Crippen MR) is 78.0 cm³/mol. The molecule has 0 aliphatic heterocycles. The monoisotopic (exact) mass is 321 g/mol. The summed E-state index contributed by atoms with van der Waals surface area (Å²) in [4.78, 5) is 32.6. The minimum atomic E-state index is -0.658. The minimum Gasteiger partial charge on any atom is -0.268 e. The van der Waals surface area contributed by atoms with E-state index in [0.717, 1.165) is 6.07 Å². The van der Waals surface area contributed by atoms with Gasteiger partial charge in [0.25, 0.3) is 17.2 Å². The van der Waals surface area contributed by atoms with Crippen molar-refractivity contribution in [3.63, 3.8) is 0 Å². The molecule has 2 rings (SSSR count). The number of nitrogens with one attached hydrogen (secondary N) is 2. The minimum absolute atomic E-state index is 0.0399. The summed E-state index contributed by atoms with van der Waals surface area (Å²) in [6, 6.07) is 6.19. The molecule has 1 amide bonds. The molecule has 0 saturated heterocycles. The van der Waals surface area contributed by atoms with Gasteiger partial charge in [0, 0.05) is 28.8 Å². The van der Waals surface area contributed by atoms with Crippen molar-refractivity contribution in [3.8, 4) is 0 Å². The van der Waals surface area contributed by atoms with Crippen LogP contribution in [-0.2, 0) is 0 Å². The molecule has 0 aliphatic carbocycles. The fraction of sp³-hybridized carbons (Fsp3) is 0. The third kappa shape index (κ3) is 3.73. The largest absolute Gasteiger partial charge is 0.291 e. The number of hydrazone groups is 1. The summed E-state index contributed by atoms with van der Waals surface area (Å²) >= 11 is 5.87. The summed E-state index contributed by atoms with van der Waals surface area (Å²) in [5.41, 5.74) is 1.79. The molecule has 0 spiro atoms. The number of hydrogen-bond acceptors (Lipinski definition) is 6. The van der Waals surface area contributed by atoms with Crippen LogP contribution in [0.2, 0.25) is 5.02 Å². The molecule has 0 unspecified atom stereocenters. The zero-order valence-corrected chi connectivity index (χ0v) is 11.6. The molecule has 0 aliphatic rings. The molecule has 2 N–H and O–H groups in total. The van der Waals surface area contributed by atoms with E-state index in [0.29, 0.717) is 0 Å². The smallest absolute Gasteiger partial charge is 0.268 e. The molecule has 22 heavy (non-hydrogen) atoms. The number of aromatic nitrogens is 2.